The standard InChI is InChI=1S/C21H27FN4O4S/c1-14(27)24-11-18-12-26(21(28)30-18)17-3-4-20(19(22)9-17)25-7-5-15(6-8-25)16(10-23)13-29-31-2/h3-4,9,15-16,18H,5-8,11-13H2,1-2H3,(H,24,27). The molecule has 2 aliphatic heterocycles. The first-order valence-corrected chi connectivity index (χ1v) is 11.4. The Balaban J connectivity index is 1.60. The normalized spacial score (nSPS) is 20.3. The molecule has 0 saturated carbocycles. The Bertz CT molecular complexity index is 841. The molecule has 31 heavy (non-hydrogen) atoms. The van der Waals surface area contributed by atoms with Crippen molar-refractivity contribution in [3.05, 3.63) is 24.0 Å². The maximum Gasteiger partial charge on any atom is 0.414 e. The van der Waals surface area contributed by atoms with Crippen molar-refractivity contribution < 1.29 is 22.9 Å². The molecule has 2 atom stereocenters. The van der Waals surface area contributed by atoms with E-state index in [1.807, 2.05) is 11.2 Å². The van der Waals surface area contributed by atoms with E-state index in [1.165, 1.54) is 29.9 Å². The fourth-order valence-corrected chi connectivity index (χ4v) is 4.26. The molecule has 0 aromatic heterocycles. The van der Waals surface area contributed by atoms with Gasteiger partial charge in [0.25, 0.3) is 0 Å². The monoisotopic (exact) mass is 450 g/mol. The summed E-state index contributed by atoms with van der Waals surface area (Å²) in [5.41, 5.74) is 0.906. The number of nitrogens with zero attached hydrogens (tertiary/aromatic N) is 3. The van der Waals surface area contributed by atoms with Crippen LogP contribution >= 0.6 is 12.0 Å². The number of amides is 2. The molecule has 2 amide bonds. The molecule has 10 heteroatoms. The summed E-state index contributed by atoms with van der Waals surface area (Å²) in [5, 5.41) is 12.0. The minimum atomic E-state index is -0.557. The van der Waals surface area contributed by atoms with E-state index >= 15 is 0 Å². The van der Waals surface area contributed by atoms with Gasteiger partial charge in [-0.25, -0.2) is 9.18 Å². The van der Waals surface area contributed by atoms with E-state index in [0.29, 0.717) is 31.1 Å². The molecule has 2 fully saturated rings. The number of benzene rings is 1. The van der Waals surface area contributed by atoms with Crippen LogP contribution in [-0.2, 0) is 13.7 Å². The van der Waals surface area contributed by atoms with Crippen LogP contribution in [0.2, 0.25) is 0 Å². The Kier molecular flexibility index (Phi) is 7.98. The van der Waals surface area contributed by atoms with Gasteiger partial charge in [-0.15, -0.1) is 0 Å². The van der Waals surface area contributed by atoms with Gasteiger partial charge in [-0.1, -0.05) is 0 Å². The molecular weight excluding hydrogens is 423 g/mol. The summed E-state index contributed by atoms with van der Waals surface area (Å²) >= 11 is 1.26. The number of ether oxygens (including phenoxy) is 1. The Morgan fingerprint density at radius 1 is 1.45 bits per heavy atom. The molecule has 1 aromatic rings. The molecule has 3 rings (SSSR count). The molecule has 0 bridgehead atoms. The predicted molar refractivity (Wildman–Crippen MR) is 116 cm³/mol. The van der Waals surface area contributed by atoms with Gasteiger partial charge in [0.2, 0.25) is 5.91 Å². The summed E-state index contributed by atoms with van der Waals surface area (Å²) in [6.45, 7) is 3.58. The SMILES string of the molecule is CSOCC(C#N)C1CCN(c2ccc(N3CC(CNC(C)=O)OC3=O)cc2F)CC1. The smallest absolute Gasteiger partial charge is 0.414 e. The maximum atomic E-state index is 14.9. The number of carbonyl (C=O) groups excluding carboxylic acids is 2. The van der Waals surface area contributed by atoms with Gasteiger partial charge >= 0.3 is 6.09 Å². The van der Waals surface area contributed by atoms with E-state index in [4.69, 9.17) is 8.92 Å². The summed E-state index contributed by atoms with van der Waals surface area (Å²) in [6, 6.07) is 7.06. The van der Waals surface area contributed by atoms with Crippen molar-refractivity contribution >= 4 is 35.4 Å². The zero-order valence-electron chi connectivity index (χ0n) is 17.7. The van der Waals surface area contributed by atoms with Gasteiger partial charge in [0.05, 0.1) is 43.1 Å². The molecule has 2 aliphatic rings. The van der Waals surface area contributed by atoms with Gasteiger partial charge in [0, 0.05) is 26.3 Å². The van der Waals surface area contributed by atoms with Crippen LogP contribution in [0.5, 0.6) is 0 Å². The van der Waals surface area contributed by atoms with Crippen molar-refractivity contribution in [3.63, 3.8) is 0 Å². The van der Waals surface area contributed by atoms with Gasteiger partial charge in [-0.2, -0.15) is 5.26 Å². The number of halogens is 1. The van der Waals surface area contributed by atoms with Crippen LogP contribution in [0.1, 0.15) is 19.8 Å². The van der Waals surface area contributed by atoms with Crippen LogP contribution in [-0.4, -0.2) is 57.1 Å². The lowest BCUT2D eigenvalue weighted by molar-refractivity contribution is -0.119. The quantitative estimate of drug-likeness (QED) is 0.609. The van der Waals surface area contributed by atoms with Crippen molar-refractivity contribution in [2.75, 3.05) is 48.8 Å². The van der Waals surface area contributed by atoms with Crippen molar-refractivity contribution in [2.24, 2.45) is 11.8 Å². The number of nitrogens with one attached hydrogen (secondary N) is 1. The second-order valence-corrected chi connectivity index (χ2v) is 8.27. The molecule has 0 spiro atoms. The maximum absolute atomic E-state index is 14.9. The highest BCUT2D eigenvalue weighted by atomic mass is 32.2. The topological polar surface area (TPSA) is 94.9 Å². The summed E-state index contributed by atoms with van der Waals surface area (Å²) < 4.78 is 25.5. The zero-order chi connectivity index (χ0) is 22.4. The number of piperidine rings is 1. The second kappa shape index (κ2) is 10.7. The Morgan fingerprint density at radius 2 is 2.19 bits per heavy atom. The highest BCUT2D eigenvalue weighted by Gasteiger charge is 2.33. The Morgan fingerprint density at radius 3 is 2.81 bits per heavy atom. The number of hydrogen-bond acceptors (Lipinski definition) is 7. The molecule has 2 heterocycles. The molecule has 1 aromatic carbocycles. The average molecular weight is 451 g/mol. The first-order valence-electron chi connectivity index (χ1n) is 10.2. The van der Waals surface area contributed by atoms with Crippen LogP contribution in [0.25, 0.3) is 0 Å². The third kappa shape index (κ3) is 5.80. The van der Waals surface area contributed by atoms with Crippen molar-refractivity contribution in [3.8, 4) is 6.07 Å². The zero-order valence-corrected chi connectivity index (χ0v) is 18.5. The van der Waals surface area contributed by atoms with Crippen molar-refractivity contribution in [1.82, 2.24) is 5.32 Å². The van der Waals surface area contributed by atoms with Crippen LogP contribution in [0.15, 0.2) is 18.2 Å². The minimum absolute atomic E-state index is 0.159. The fraction of sp³-hybridized carbons (Fsp3) is 0.571. The average Bonchev–Trinajstić information content (AvgIpc) is 3.14. The molecule has 168 valence electrons. The largest absolute Gasteiger partial charge is 0.442 e. The molecule has 1 N–H and O–H groups in total. The molecule has 0 radical (unpaired) electrons. The number of hydrogen-bond donors (Lipinski definition) is 1. The van der Waals surface area contributed by atoms with Gasteiger partial charge in [-0.3, -0.25) is 9.69 Å². The van der Waals surface area contributed by atoms with E-state index in [1.54, 1.807) is 12.1 Å². The number of rotatable bonds is 8. The molecule has 2 saturated heterocycles. The number of anilines is 2. The predicted octanol–water partition coefficient (Wildman–Crippen LogP) is 2.94. The Hall–Kier alpha value is -2.51. The van der Waals surface area contributed by atoms with E-state index < -0.39 is 18.0 Å². The third-order valence-corrected chi connectivity index (χ3v) is 6.05. The van der Waals surface area contributed by atoms with Crippen molar-refractivity contribution in [2.45, 2.75) is 25.9 Å². The van der Waals surface area contributed by atoms with Crippen molar-refractivity contribution in [1.29, 1.82) is 5.26 Å². The van der Waals surface area contributed by atoms with E-state index in [9.17, 15) is 19.2 Å². The number of nitriles is 1. The molecule has 2 unspecified atom stereocenters. The molecular formula is C21H27FN4O4S. The second-order valence-electron chi connectivity index (χ2n) is 7.70. The van der Waals surface area contributed by atoms with Gasteiger partial charge in [0.15, 0.2) is 0 Å². The number of cyclic esters (lactones) is 1. The van der Waals surface area contributed by atoms with E-state index in [2.05, 4.69) is 11.4 Å². The fourth-order valence-electron chi connectivity index (χ4n) is 3.98. The van der Waals surface area contributed by atoms with Crippen LogP contribution in [0.3, 0.4) is 0 Å². The highest BCUT2D eigenvalue weighted by molar-refractivity contribution is 7.93. The summed E-state index contributed by atoms with van der Waals surface area (Å²) in [6.07, 6.45) is 2.38. The molecule has 0 aliphatic carbocycles. The van der Waals surface area contributed by atoms with Crippen LogP contribution < -0.4 is 15.1 Å². The van der Waals surface area contributed by atoms with Gasteiger partial charge < -0.3 is 19.1 Å². The van der Waals surface area contributed by atoms with Gasteiger partial charge in [0.1, 0.15) is 11.9 Å². The van der Waals surface area contributed by atoms with E-state index in [-0.39, 0.29) is 30.8 Å². The highest BCUT2D eigenvalue weighted by Crippen LogP contribution is 2.32. The summed E-state index contributed by atoms with van der Waals surface area (Å²) in [5.74, 6) is -0.535. The lowest BCUT2D eigenvalue weighted by Crippen LogP contribution is -2.37. The lowest BCUT2D eigenvalue weighted by atomic mass is 9.85. The first kappa shape index (κ1) is 23.2. The molecule has 8 nitrogen and oxygen atoms in total. The van der Waals surface area contributed by atoms with E-state index in [0.717, 1.165) is 12.8 Å². The van der Waals surface area contributed by atoms with Crippen LogP contribution in [0.4, 0.5) is 20.6 Å². The summed E-state index contributed by atoms with van der Waals surface area (Å²) in [4.78, 5) is 26.5. The Labute approximate surface area is 185 Å². The third-order valence-electron chi connectivity index (χ3n) is 5.68. The van der Waals surface area contributed by atoms with Crippen LogP contribution in [0, 0.1) is 29.0 Å². The first-order chi connectivity index (χ1) is 14.9. The van der Waals surface area contributed by atoms with Gasteiger partial charge in [-0.05, 0) is 49.0 Å². The minimum Gasteiger partial charge on any atom is -0.442 e. The summed E-state index contributed by atoms with van der Waals surface area (Å²) in [7, 11) is 0. The number of carbonyl (C=O) groups is 2. The lowest BCUT2D eigenvalue weighted by Gasteiger charge is -2.35.